The van der Waals surface area contributed by atoms with Crippen molar-refractivity contribution in [3.63, 3.8) is 0 Å². The first-order valence-corrected chi connectivity index (χ1v) is 6.42. The Morgan fingerprint density at radius 3 is 2.65 bits per heavy atom. The van der Waals surface area contributed by atoms with Crippen molar-refractivity contribution in [2.45, 2.75) is 13.0 Å². The van der Waals surface area contributed by atoms with Crippen molar-refractivity contribution in [1.29, 1.82) is 0 Å². The summed E-state index contributed by atoms with van der Waals surface area (Å²) in [5, 5.41) is 12.8. The van der Waals surface area contributed by atoms with Crippen LogP contribution in [0.15, 0.2) is 42.5 Å². The molecule has 2 aromatic rings. The Balaban J connectivity index is 2.26. The number of halogens is 1. The first-order chi connectivity index (χ1) is 9.65. The molecule has 0 amide bonds. The van der Waals surface area contributed by atoms with Gasteiger partial charge in [0, 0.05) is 0 Å². The van der Waals surface area contributed by atoms with Crippen LogP contribution in [-0.4, -0.2) is 18.8 Å². The minimum absolute atomic E-state index is 0.0941. The van der Waals surface area contributed by atoms with Crippen LogP contribution in [0.3, 0.4) is 0 Å². The number of aryl methyl sites for hydroxylation is 1. The molecule has 0 aliphatic heterocycles. The van der Waals surface area contributed by atoms with Gasteiger partial charge in [0.05, 0.1) is 25.4 Å². The van der Waals surface area contributed by atoms with E-state index >= 15 is 0 Å². The number of hydrogen-bond acceptors (Lipinski definition) is 3. The number of rotatable bonds is 5. The highest BCUT2D eigenvalue weighted by Crippen LogP contribution is 2.28. The van der Waals surface area contributed by atoms with Crippen molar-refractivity contribution in [3.8, 4) is 5.75 Å². The molecule has 0 radical (unpaired) electrons. The van der Waals surface area contributed by atoms with Crippen LogP contribution in [0, 0.1) is 12.7 Å². The van der Waals surface area contributed by atoms with Crippen molar-refractivity contribution in [3.05, 3.63) is 59.4 Å². The van der Waals surface area contributed by atoms with E-state index in [0.29, 0.717) is 11.3 Å². The van der Waals surface area contributed by atoms with Gasteiger partial charge in [-0.2, -0.15) is 0 Å². The summed E-state index contributed by atoms with van der Waals surface area (Å²) in [5.41, 5.74) is 2.18. The lowest BCUT2D eigenvalue weighted by Gasteiger charge is -2.20. The van der Waals surface area contributed by atoms with Gasteiger partial charge in [0.2, 0.25) is 0 Å². The zero-order valence-corrected chi connectivity index (χ0v) is 11.6. The first-order valence-electron chi connectivity index (χ1n) is 6.42. The lowest BCUT2D eigenvalue weighted by Crippen LogP contribution is -2.15. The number of nitrogens with one attached hydrogen (secondary N) is 1. The highest BCUT2D eigenvalue weighted by atomic mass is 19.1. The molecule has 0 heterocycles. The van der Waals surface area contributed by atoms with Crippen LogP contribution in [0.5, 0.6) is 5.75 Å². The van der Waals surface area contributed by atoms with Crippen molar-refractivity contribution in [1.82, 2.24) is 0 Å². The quantitative estimate of drug-likeness (QED) is 0.879. The molecule has 2 aromatic carbocycles. The van der Waals surface area contributed by atoms with Gasteiger partial charge in [0.25, 0.3) is 0 Å². The van der Waals surface area contributed by atoms with E-state index in [0.717, 1.165) is 11.3 Å². The third kappa shape index (κ3) is 3.08. The highest BCUT2D eigenvalue weighted by molar-refractivity contribution is 5.57. The number of aliphatic hydroxyl groups is 1. The van der Waals surface area contributed by atoms with Crippen molar-refractivity contribution in [2.75, 3.05) is 19.0 Å². The number of para-hydroxylation sites is 2. The second-order valence-corrected chi connectivity index (χ2v) is 4.59. The molecule has 1 atom stereocenters. The molecule has 0 bridgehead atoms. The van der Waals surface area contributed by atoms with Gasteiger partial charge in [-0.1, -0.05) is 24.3 Å². The van der Waals surface area contributed by atoms with Crippen LogP contribution in [-0.2, 0) is 0 Å². The molecular formula is C16H18FNO2. The van der Waals surface area contributed by atoms with Gasteiger partial charge in [0.15, 0.2) is 0 Å². The predicted octanol–water partition coefficient (Wildman–Crippen LogP) is 3.29. The van der Waals surface area contributed by atoms with Crippen LogP contribution in [0.4, 0.5) is 10.1 Å². The van der Waals surface area contributed by atoms with E-state index in [1.54, 1.807) is 26.2 Å². The molecule has 0 aliphatic carbocycles. The number of ether oxygens (including phenoxy) is 1. The Labute approximate surface area is 118 Å². The summed E-state index contributed by atoms with van der Waals surface area (Å²) in [6.45, 7) is 1.61. The fourth-order valence-corrected chi connectivity index (χ4v) is 2.07. The molecule has 106 valence electrons. The minimum atomic E-state index is -0.314. The Kier molecular flexibility index (Phi) is 4.58. The van der Waals surface area contributed by atoms with Crippen LogP contribution in [0.2, 0.25) is 0 Å². The zero-order chi connectivity index (χ0) is 14.5. The summed E-state index contributed by atoms with van der Waals surface area (Å²) >= 11 is 0. The van der Waals surface area contributed by atoms with Gasteiger partial charge in [0.1, 0.15) is 11.6 Å². The predicted molar refractivity (Wildman–Crippen MR) is 77.6 cm³/mol. The van der Waals surface area contributed by atoms with Crippen LogP contribution >= 0.6 is 0 Å². The van der Waals surface area contributed by atoms with E-state index < -0.39 is 0 Å². The molecule has 3 nitrogen and oxygen atoms in total. The summed E-state index contributed by atoms with van der Waals surface area (Å²) in [4.78, 5) is 0. The molecule has 4 heteroatoms. The molecule has 0 spiro atoms. The SMILES string of the molecule is COc1ccccc1NC(CO)c1ccc(F)c(C)c1. The van der Waals surface area contributed by atoms with E-state index in [1.165, 1.54) is 6.07 Å². The maximum absolute atomic E-state index is 13.3. The van der Waals surface area contributed by atoms with Crippen molar-refractivity contribution in [2.24, 2.45) is 0 Å². The van der Waals surface area contributed by atoms with Gasteiger partial charge in [-0.25, -0.2) is 4.39 Å². The number of benzene rings is 2. The Hall–Kier alpha value is -2.07. The molecule has 0 fully saturated rings. The second kappa shape index (κ2) is 6.39. The monoisotopic (exact) mass is 275 g/mol. The van der Waals surface area contributed by atoms with Crippen molar-refractivity contribution >= 4 is 5.69 Å². The average Bonchev–Trinajstić information content (AvgIpc) is 2.48. The molecule has 0 aliphatic rings. The summed E-state index contributed by atoms with van der Waals surface area (Å²) in [6.07, 6.45) is 0. The highest BCUT2D eigenvalue weighted by Gasteiger charge is 2.13. The molecular weight excluding hydrogens is 257 g/mol. The maximum atomic E-state index is 13.3. The molecule has 2 rings (SSSR count). The van der Waals surface area contributed by atoms with Gasteiger partial charge >= 0.3 is 0 Å². The number of methoxy groups -OCH3 is 1. The second-order valence-electron chi connectivity index (χ2n) is 4.59. The summed E-state index contributed by atoms with van der Waals surface area (Å²) in [5.74, 6) is 0.451. The standard InChI is InChI=1S/C16H18FNO2/c1-11-9-12(7-8-13(11)17)15(10-19)18-14-5-3-4-6-16(14)20-2/h3-9,15,18-19H,10H2,1-2H3. The first kappa shape index (κ1) is 14.3. The van der Waals surface area contributed by atoms with Crippen LogP contribution < -0.4 is 10.1 Å². The van der Waals surface area contributed by atoms with Gasteiger partial charge in [-0.3, -0.25) is 0 Å². The Morgan fingerprint density at radius 1 is 1.25 bits per heavy atom. The molecule has 2 N–H and O–H groups in total. The van der Waals surface area contributed by atoms with E-state index in [9.17, 15) is 9.50 Å². The number of hydrogen-bond donors (Lipinski definition) is 2. The van der Waals surface area contributed by atoms with E-state index in [4.69, 9.17) is 4.74 Å². The van der Waals surface area contributed by atoms with Gasteiger partial charge in [-0.05, 0) is 36.2 Å². The zero-order valence-electron chi connectivity index (χ0n) is 11.6. The van der Waals surface area contributed by atoms with E-state index in [-0.39, 0.29) is 18.5 Å². The summed E-state index contributed by atoms with van der Waals surface area (Å²) in [6, 6.07) is 12.0. The Morgan fingerprint density at radius 2 is 2.00 bits per heavy atom. The largest absolute Gasteiger partial charge is 0.495 e. The van der Waals surface area contributed by atoms with Crippen LogP contribution in [0.1, 0.15) is 17.2 Å². The van der Waals surface area contributed by atoms with Gasteiger partial charge < -0.3 is 15.2 Å². The normalized spacial score (nSPS) is 12.0. The van der Waals surface area contributed by atoms with E-state index in [2.05, 4.69) is 5.32 Å². The van der Waals surface area contributed by atoms with E-state index in [1.807, 2.05) is 24.3 Å². The average molecular weight is 275 g/mol. The fourth-order valence-electron chi connectivity index (χ4n) is 2.07. The molecule has 0 saturated heterocycles. The van der Waals surface area contributed by atoms with Gasteiger partial charge in [-0.15, -0.1) is 0 Å². The smallest absolute Gasteiger partial charge is 0.141 e. The summed E-state index contributed by atoms with van der Waals surface area (Å²) in [7, 11) is 1.59. The van der Waals surface area contributed by atoms with Crippen molar-refractivity contribution < 1.29 is 14.2 Å². The topological polar surface area (TPSA) is 41.5 Å². The molecule has 0 aromatic heterocycles. The lowest BCUT2D eigenvalue weighted by molar-refractivity contribution is 0.276. The number of anilines is 1. The van der Waals surface area contributed by atoms with Crippen LogP contribution in [0.25, 0.3) is 0 Å². The molecule has 20 heavy (non-hydrogen) atoms. The fraction of sp³-hybridized carbons (Fsp3) is 0.250. The minimum Gasteiger partial charge on any atom is -0.495 e. The summed E-state index contributed by atoms with van der Waals surface area (Å²) < 4.78 is 18.6. The lowest BCUT2D eigenvalue weighted by atomic mass is 10.0. The molecule has 0 saturated carbocycles. The third-order valence-electron chi connectivity index (χ3n) is 3.20. The third-order valence-corrected chi connectivity index (χ3v) is 3.20. The number of aliphatic hydroxyl groups excluding tert-OH is 1. The Bertz CT molecular complexity index is 586. The molecule has 1 unspecified atom stereocenters. The maximum Gasteiger partial charge on any atom is 0.141 e.